The molecule has 0 saturated carbocycles. The molecule has 1 heterocycles. The quantitative estimate of drug-likeness (QED) is 0.653. The molecule has 0 bridgehead atoms. The molecule has 1 aromatic carbocycles. The highest BCUT2D eigenvalue weighted by molar-refractivity contribution is 5.23. The van der Waals surface area contributed by atoms with Crippen LogP contribution in [0.25, 0.3) is 0 Å². The highest BCUT2D eigenvalue weighted by Crippen LogP contribution is 2.07. The highest BCUT2D eigenvalue weighted by atomic mass is 16.5. The van der Waals surface area contributed by atoms with Gasteiger partial charge in [-0.2, -0.15) is 0 Å². The molecule has 0 aliphatic carbocycles. The van der Waals surface area contributed by atoms with Gasteiger partial charge >= 0.3 is 0 Å². The van der Waals surface area contributed by atoms with Crippen molar-refractivity contribution < 1.29 is 9.47 Å². The van der Waals surface area contributed by atoms with E-state index in [0.29, 0.717) is 0 Å². The Morgan fingerprint density at radius 2 is 1.90 bits per heavy atom. The van der Waals surface area contributed by atoms with Crippen LogP contribution in [0.1, 0.15) is 30.9 Å². The molecule has 3 nitrogen and oxygen atoms in total. The molecule has 1 aromatic rings. The average molecular weight is 291 g/mol. The fraction of sp³-hybridized carbons (Fsp3) is 0.667. The number of benzene rings is 1. The van der Waals surface area contributed by atoms with Crippen molar-refractivity contribution >= 4 is 0 Å². The fourth-order valence-corrected chi connectivity index (χ4v) is 2.66. The lowest BCUT2D eigenvalue weighted by atomic mass is 10.1. The summed E-state index contributed by atoms with van der Waals surface area (Å²) in [5.74, 6) is 0. The van der Waals surface area contributed by atoms with Crippen LogP contribution >= 0.6 is 0 Å². The van der Waals surface area contributed by atoms with Crippen molar-refractivity contribution in [1.82, 2.24) is 4.90 Å². The minimum absolute atomic E-state index is 0.838. The molecule has 1 aliphatic heterocycles. The molecule has 118 valence electrons. The first-order valence-corrected chi connectivity index (χ1v) is 8.34. The number of ether oxygens (including phenoxy) is 2. The smallest absolute Gasteiger partial charge is 0.0594 e. The maximum absolute atomic E-state index is 5.76. The second kappa shape index (κ2) is 9.93. The molecule has 0 N–H and O–H groups in total. The summed E-state index contributed by atoms with van der Waals surface area (Å²) in [7, 11) is 0. The van der Waals surface area contributed by atoms with Gasteiger partial charge in [0.25, 0.3) is 0 Å². The molecule has 1 saturated heterocycles. The summed E-state index contributed by atoms with van der Waals surface area (Å²) in [5, 5.41) is 0. The van der Waals surface area contributed by atoms with E-state index in [0.717, 1.165) is 58.8 Å². The topological polar surface area (TPSA) is 21.7 Å². The minimum Gasteiger partial charge on any atom is -0.381 e. The lowest BCUT2D eigenvalue weighted by Gasteiger charge is -2.26. The number of rotatable bonds is 9. The predicted octanol–water partition coefficient (Wildman–Crippen LogP) is 2.92. The monoisotopic (exact) mass is 291 g/mol. The molecular weight excluding hydrogens is 262 g/mol. The summed E-state index contributed by atoms with van der Waals surface area (Å²) in [4.78, 5) is 2.49. The van der Waals surface area contributed by atoms with Crippen LogP contribution < -0.4 is 0 Å². The minimum atomic E-state index is 0.838. The summed E-state index contributed by atoms with van der Waals surface area (Å²) in [6.07, 6.45) is 4.52. The third-order valence-electron chi connectivity index (χ3n) is 4.05. The van der Waals surface area contributed by atoms with E-state index in [1.165, 1.54) is 24.1 Å². The second-order valence-corrected chi connectivity index (χ2v) is 5.70. The van der Waals surface area contributed by atoms with E-state index >= 15 is 0 Å². The van der Waals surface area contributed by atoms with Crippen LogP contribution in [-0.4, -0.2) is 51.0 Å². The molecule has 0 unspecified atom stereocenters. The van der Waals surface area contributed by atoms with Crippen molar-refractivity contribution in [1.29, 1.82) is 0 Å². The number of hydrogen-bond acceptors (Lipinski definition) is 3. The SMILES string of the molecule is CCc1cccc(CCOCCCCN2CCOCC2)c1. The first kappa shape index (κ1) is 16.5. The maximum Gasteiger partial charge on any atom is 0.0594 e. The van der Waals surface area contributed by atoms with E-state index in [1.807, 2.05) is 0 Å². The Morgan fingerprint density at radius 3 is 2.71 bits per heavy atom. The zero-order chi connectivity index (χ0) is 14.8. The summed E-state index contributed by atoms with van der Waals surface area (Å²) in [6, 6.07) is 8.83. The normalized spacial score (nSPS) is 16.2. The summed E-state index contributed by atoms with van der Waals surface area (Å²) >= 11 is 0. The number of hydrogen-bond donors (Lipinski definition) is 0. The van der Waals surface area contributed by atoms with Gasteiger partial charge in [-0.05, 0) is 43.4 Å². The Kier molecular flexibility index (Phi) is 7.79. The van der Waals surface area contributed by atoms with Crippen molar-refractivity contribution in [3.63, 3.8) is 0 Å². The molecule has 0 amide bonds. The van der Waals surface area contributed by atoms with Crippen LogP contribution in [0, 0.1) is 0 Å². The van der Waals surface area contributed by atoms with Crippen molar-refractivity contribution in [2.45, 2.75) is 32.6 Å². The van der Waals surface area contributed by atoms with Gasteiger partial charge in [-0.25, -0.2) is 0 Å². The molecule has 0 atom stereocenters. The number of aryl methyl sites for hydroxylation is 1. The third-order valence-corrected chi connectivity index (χ3v) is 4.05. The van der Waals surface area contributed by atoms with Crippen molar-refractivity contribution in [2.24, 2.45) is 0 Å². The zero-order valence-electron chi connectivity index (χ0n) is 13.4. The molecule has 3 heteroatoms. The van der Waals surface area contributed by atoms with E-state index in [-0.39, 0.29) is 0 Å². The van der Waals surface area contributed by atoms with E-state index in [2.05, 4.69) is 36.1 Å². The van der Waals surface area contributed by atoms with Crippen molar-refractivity contribution in [3.8, 4) is 0 Å². The Balaban J connectivity index is 1.47. The van der Waals surface area contributed by atoms with Gasteiger partial charge in [-0.1, -0.05) is 31.2 Å². The third kappa shape index (κ3) is 6.60. The van der Waals surface area contributed by atoms with Gasteiger partial charge in [0.2, 0.25) is 0 Å². The largest absolute Gasteiger partial charge is 0.381 e. The van der Waals surface area contributed by atoms with E-state index in [9.17, 15) is 0 Å². The van der Waals surface area contributed by atoms with Crippen LogP contribution in [0.5, 0.6) is 0 Å². The van der Waals surface area contributed by atoms with Gasteiger partial charge in [0, 0.05) is 19.7 Å². The maximum atomic E-state index is 5.76. The van der Waals surface area contributed by atoms with Crippen LogP contribution in [0.15, 0.2) is 24.3 Å². The summed E-state index contributed by atoms with van der Waals surface area (Å²) in [5.41, 5.74) is 2.81. The lowest BCUT2D eigenvalue weighted by Crippen LogP contribution is -2.36. The van der Waals surface area contributed by atoms with Crippen LogP contribution in [0.2, 0.25) is 0 Å². The Labute approximate surface area is 129 Å². The second-order valence-electron chi connectivity index (χ2n) is 5.70. The van der Waals surface area contributed by atoms with Gasteiger partial charge in [0.05, 0.1) is 19.8 Å². The Bertz CT molecular complexity index is 389. The average Bonchev–Trinajstić information content (AvgIpc) is 2.55. The van der Waals surface area contributed by atoms with Gasteiger partial charge in [-0.3, -0.25) is 4.90 Å². The molecule has 0 spiro atoms. The van der Waals surface area contributed by atoms with E-state index < -0.39 is 0 Å². The van der Waals surface area contributed by atoms with Gasteiger partial charge < -0.3 is 9.47 Å². The molecule has 21 heavy (non-hydrogen) atoms. The summed E-state index contributed by atoms with van der Waals surface area (Å²) < 4.78 is 11.1. The van der Waals surface area contributed by atoms with Crippen LogP contribution in [0.3, 0.4) is 0 Å². The molecule has 1 aliphatic rings. The zero-order valence-corrected chi connectivity index (χ0v) is 13.4. The van der Waals surface area contributed by atoms with E-state index in [4.69, 9.17) is 9.47 Å². The van der Waals surface area contributed by atoms with Gasteiger partial charge in [-0.15, -0.1) is 0 Å². The first-order valence-electron chi connectivity index (χ1n) is 8.34. The van der Waals surface area contributed by atoms with Crippen LogP contribution in [-0.2, 0) is 22.3 Å². The molecule has 2 rings (SSSR count). The van der Waals surface area contributed by atoms with Crippen molar-refractivity contribution in [3.05, 3.63) is 35.4 Å². The molecule has 0 aromatic heterocycles. The van der Waals surface area contributed by atoms with Crippen molar-refractivity contribution in [2.75, 3.05) is 46.1 Å². The number of unbranched alkanes of at least 4 members (excludes halogenated alkanes) is 1. The number of nitrogens with zero attached hydrogens (tertiary/aromatic N) is 1. The molecule has 0 radical (unpaired) electrons. The fourth-order valence-electron chi connectivity index (χ4n) is 2.66. The molecular formula is C18H29NO2. The highest BCUT2D eigenvalue weighted by Gasteiger charge is 2.08. The Morgan fingerprint density at radius 1 is 1.10 bits per heavy atom. The molecule has 1 fully saturated rings. The van der Waals surface area contributed by atoms with Gasteiger partial charge in [0.1, 0.15) is 0 Å². The lowest BCUT2D eigenvalue weighted by molar-refractivity contribution is 0.0357. The van der Waals surface area contributed by atoms with Crippen LogP contribution in [0.4, 0.5) is 0 Å². The Hall–Kier alpha value is -0.900. The van der Waals surface area contributed by atoms with E-state index in [1.54, 1.807) is 0 Å². The van der Waals surface area contributed by atoms with Gasteiger partial charge in [0.15, 0.2) is 0 Å². The standard InChI is InChI=1S/C18H29NO2/c1-2-17-6-5-7-18(16-17)8-13-20-12-4-3-9-19-10-14-21-15-11-19/h5-7,16H,2-4,8-15H2,1H3. The first-order chi connectivity index (χ1) is 10.4. The predicted molar refractivity (Wildman–Crippen MR) is 86.8 cm³/mol. The summed E-state index contributed by atoms with van der Waals surface area (Å²) in [6.45, 7) is 9.09. The number of morpholine rings is 1.